The lowest BCUT2D eigenvalue weighted by Gasteiger charge is -2.28. The van der Waals surface area contributed by atoms with Gasteiger partial charge < -0.3 is 0 Å². The number of benzene rings is 1. The quantitative estimate of drug-likeness (QED) is 0.431. The van der Waals surface area contributed by atoms with E-state index in [1.807, 2.05) is 0 Å². The van der Waals surface area contributed by atoms with Gasteiger partial charge in [0.1, 0.15) is 0 Å². The highest BCUT2D eigenvalue weighted by Crippen LogP contribution is 2.26. The average Bonchev–Trinajstić information content (AvgIpc) is 2.41. The largest absolute Gasteiger partial charge is 0.186 e. The Morgan fingerprint density at radius 2 is 1.33 bits per heavy atom. The average molecular weight is 341 g/mol. The van der Waals surface area contributed by atoms with E-state index in [-0.39, 0.29) is 0 Å². The lowest BCUT2D eigenvalue weighted by Crippen LogP contribution is -2.47. The molecule has 1 rings (SSSR count). The second-order valence-electron chi connectivity index (χ2n) is 7.51. The van der Waals surface area contributed by atoms with Crippen LogP contribution in [0.15, 0.2) is 18.2 Å². The molecular formula is C18H33ClSi2. The van der Waals surface area contributed by atoms with Gasteiger partial charge in [-0.05, 0) is 24.2 Å². The standard InChI is InChI=1S/C18H33ClSi2/c1-7-9-11-21(19,12-10-8-2)18-14-16(3)13-17(15-18)20(4,5)6/h13-15H,7-12H2,1-6H3. The number of halogens is 1. The van der Waals surface area contributed by atoms with Gasteiger partial charge in [0.15, 0.2) is 7.38 Å². The monoisotopic (exact) mass is 340 g/mol. The van der Waals surface area contributed by atoms with Gasteiger partial charge in [-0.2, -0.15) is 11.1 Å². The Balaban J connectivity index is 3.20. The fourth-order valence-electron chi connectivity index (χ4n) is 2.80. The molecule has 0 radical (unpaired) electrons. The number of aryl methyl sites for hydroxylation is 1. The zero-order valence-electron chi connectivity index (χ0n) is 14.9. The van der Waals surface area contributed by atoms with Gasteiger partial charge in [0, 0.05) is 0 Å². The first kappa shape index (κ1) is 19.0. The lowest BCUT2D eigenvalue weighted by atomic mass is 10.2. The smallest absolute Gasteiger partial charge is 0.161 e. The van der Waals surface area contributed by atoms with E-state index in [0.717, 1.165) is 0 Å². The first-order valence-corrected chi connectivity index (χ1v) is 15.5. The van der Waals surface area contributed by atoms with Crippen molar-refractivity contribution in [1.29, 1.82) is 0 Å². The van der Waals surface area contributed by atoms with E-state index in [1.54, 1.807) is 5.19 Å². The first-order chi connectivity index (χ1) is 9.73. The molecule has 120 valence electrons. The summed E-state index contributed by atoms with van der Waals surface area (Å²) >= 11 is 7.27. The molecule has 0 atom stereocenters. The third kappa shape index (κ3) is 5.57. The van der Waals surface area contributed by atoms with Gasteiger partial charge in [-0.15, -0.1) is 0 Å². The SMILES string of the molecule is CCCC[Si](Cl)(CCCC)c1cc(C)cc([Si](C)(C)C)c1. The van der Waals surface area contributed by atoms with Crippen LogP contribution in [0.5, 0.6) is 0 Å². The fraction of sp³-hybridized carbons (Fsp3) is 0.667. The normalized spacial score (nSPS) is 12.7. The van der Waals surface area contributed by atoms with Crippen LogP contribution in [0.4, 0.5) is 0 Å². The zero-order valence-corrected chi connectivity index (χ0v) is 17.6. The molecule has 1 aromatic rings. The molecule has 0 heterocycles. The van der Waals surface area contributed by atoms with Gasteiger partial charge in [-0.3, -0.25) is 0 Å². The second kappa shape index (κ2) is 7.98. The van der Waals surface area contributed by atoms with E-state index in [0.29, 0.717) is 0 Å². The predicted octanol–water partition coefficient (Wildman–Crippen LogP) is 5.53. The first-order valence-electron chi connectivity index (χ1n) is 8.54. The van der Waals surface area contributed by atoms with E-state index < -0.39 is 15.5 Å². The highest BCUT2D eigenvalue weighted by atomic mass is 35.6. The van der Waals surface area contributed by atoms with E-state index in [9.17, 15) is 0 Å². The van der Waals surface area contributed by atoms with Crippen LogP contribution < -0.4 is 10.4 Å². The Morgan fingerprint density at radius 1 is 0.857 bits per heavy atom. The van der Waals surface area contributed by atoms with Gasteiger partial charge in [0.05, 0.1) is 8.07 Å². The molecule has 1 aromatic carbocycles. The summed E-state index contributed by atoms with van der Waals surface area (Å²) in [4.78, 5) is 0. The van der Waals surface area contributed by atoms with Gasteiger partial charge in [0.2, 0.25) is 0 Å². The summed E-state index contributed by atoms with van der Waals surface area (Å²) < 4.78 is 0. The summed E-state index contributed by atoms with van der Waals surface area (Å²) in [6, 6.07) is 9.72. The van der Waals surface area contributed by atoms with Crippen LogP contribution in [0.3, 0.4) is 0 Å². The summed E-state index contributed by atoms with van der Waals surface area (Å²) in [5.41, 5.74) is 1.40. The molecule has 0 saturated carbocycles. The number of hydrogen-bond donors (Lipinski definition) is 0. The summed E-state index contributed by atoms with van der Waals surface area (Å²) in [6.45, 7) is 14.1. The van der Waals surface area contributed by atoms with Crippen LogP contribution in [-0.4, -0.2) is 15.5 Å². The molecule has 0 amide bonds. The molecule has 0 fully saturated rings. The molecule has 0 aromatic heterocycles. The third-order valence-corrected chi connectivity index (χ3v) is 11.7. The van der Waals surface area contributed by atoms with E-state index >= 15 is 0 Å². The Hall–Kier alpha value is -0.0562. The molecule has 3 heteroatoms. The Kier molecular flexibility index (Phi) is 7.22. The van der Waals surface area contributed by atoms with Crippen LogP contribution >= 0.6 is 11.1 Å². The van der Waals surface area contributed by atoms with Crippen molar-refractivity contribution in [3.63, 3.8) is 0 Å². The Labute approximate surface area is 139 Å². The maximum Gasteiger partial charge on any atom is 0.186 e. The minimum atomic E-state index is -1.81. The van der Waals surface area contributed by atoms with Crippen LogP contribution in [0.2, 0.25) is 31.7 Å². The molecule has 0 aliphatic rings. The third-order valence-electron chi connectivity index (χ3n) is 4.31. The van der Waals surface area contributed by atoms with Crippen molar-refractivity contribution in [3.8, 4) is 0 Å². The number of hydrogen-bond acceptors (Lipinski definition) is 0. The van der Waals surface area contributed by atoms with Gasteiger partial charge in [-0.1, -0.05) is 88.1 Å². The van der Waals surface area contributed by atoms with Crippen LogP contribution in [-0.2, 0) is 0 Å². The highest BCUT2D eigenvalue weighted by Gasteiger charge is 2.33. The molecule has 21 heavy (non-hydrogen) atoms. The van der Waals surface area contributed by atoms with Crippen molar-refractivity contribution in [2.75, 3.05) is 0 Å². The van der Waals surface area contributed by atoms with Crippen molar-refractivity contribution >= 4 is 36.9 Å². The van der Waals surface area contributed by atoms with Crippen molar-refractivity contribution in [3.05, 3.63) is 23.8 Å². The van der Waals surface area contributed by atoms with E-state index in [4.69, 9.17) is 11.1 Å². The van der Waals surface area contributed by atoms with Crippen molar-refractivity contribution < 1.29 is 0 Å². The molecule has 0 spiro atoms. The van der Waals surface area contributed by atoms with Gasteiger partial charge in [0.25, 0.3) is 0 Å². The summed E-state index contributed by atoms with van der Waals surface area (Å²) in [6.07, 6.45) is 5.05. The van der Waals surface area contributed by atoms with Crippen LogP contribution in [0.25, 0.3) is 0 Å². The molecule has 0 unspecified atom stereocenters. The van der Waals surface area contributed by atoms with Gasteiger partial charge >= 0.3 is 0 Å². The van der Waals surface area contributed by atoms with Crippen molar-refractivity contribution in [1.82, 2.24) is 0 Å². The maximum atomic E-state index is 7.27. The summed E-state index contributed by atoms with van der Waals surface area (Å²) in [5.74, 6) is 0. The maximum absolute atomic E-state index is 7.27. The van der Waals surface area contributed by atoms with Crippen molar-refractivity contribution in [2.24, 2.45) is 0 Å². The molecular weight excluding hydrogens is 308 g/mol. The Morgan fingerprint density at radius 3 is 1.76 bits per heavy atom. The second-order valence-corrected chi connectivity index (χ2v) is 18.3. The van der Waals surface area contributed by atoms with Crippen LogP contribution in [0, 0.1) is 6.92 Å². The van der Waals surface area contributed by atoms with E-state index in [1.165, 1.54) is 48.5 Å². The van der Waals surface area contributed by atoms with Crippen LogP contribution in [0.1, 0.15) is 45.1 Å². The number of unbranched alkanes of at least 4 members (excludes halogenated alkanes) is 2. The predicted molar refractivity (Wildman–Crippen MR) is 105 cm³/mol. The summed E-state index contributed by atoms with van der Waals surface area (Å²) in [7, 11) is -3.09. The highest BCUT2D eigenvalue weighted by molar-refractivity contribution is 7.27. The van der Waals surface area contributed by atoms with Gasteiger partial charge in [-0.25, -0.2) is 0 Å². The molecule has 0 aliphatic carbocycles. The minimum absolute atomic E-state index is 1.24. The number of rotatable bonds is 8. The zero-order chi connectivity index (χ0) is 16.1. The molecule has 0 aliphatic heterocycles. The topological polar surface area (TPSA) is 0 Å². The lowest BCUT2D eigenvalue weighted by molar-refractivity contribution is 0.842. The Bertz CT molecular complexity index is 441. The molecule has 0 N–H and O–H groups in total. The molecule has 0 bridgehead atoms. The fourth-order valence-corrected chi connectivity index (χ4v) is 8.88. The molecule has 0 saturated heterocycles. The van der Waals surface area contributed by atoms with E-state index in [2.05, 4.69) is 58.6 Å². The molecule has 0 nitrogen and oxygen atoms in total. The van der Waals surface area contributed by atoms with Crippen molar-refractivity contribution in [2.45, 2.75) is 78.2 Å². The minimum Gasteiger partial charge on any atom is -0.161 e. The summed E-state index contributed by atoms with van der Waals surface area (Å²) in [5, 5.41) is 3.08.